The van der Waals surface area contributed by atoms with Crippen molar-refractivity contribution in [2.45, 2.75) is 38.8 Å². The lowest BCUT2D eigenvalue weighted by Crippen LogP contribution is -2.52. The third kappa shape index (κ3) is 3.54. The zero-order valence-corrected chi connectivity index (χ0v) is 19.6. The number of fused-ring (bicyclic) bond motifs is 2. The number of aromatic amines is 1. The number of hydrogen-bond acceptors (Lipinski definition) is 5. The number of aromatic nitrogens is 1. The number of carbonyl (C=O) groups excluding carboxylic acids is 4. The van der Waals surface area contributed by atoms with Crippen LogP contribution in [-0.2, 0) is 14.4 Å². The Morgan fingerprint density at radius 2 is 2.15 bits per heavy atom. The first-order valence-electron chi connectivity index (χ1n) is 11.8. The van der Waals surface area contributed by atoms with Gasteiger partial charge in [-0.15, -0.1) is 0 Å². The molecular weight excluding hydrogens is 436 g/mol. The van der Waals surface area contributed by atoms with Gasteiger partial charge in [-0.25, -0.2) is 0 Å². The molecule has 1 aromatic heterocycles. The monoisotopic (exact) mass is 466 g/mol. The van der Waals surface area contributed by atoms with Gasteiger partial charge in [-0.1, -0.05) is 19.9 Å². The molecule has 0 spiro atoms. The normalized spacial score (nSPS) is 27.7. The van der Waals surface area contributed by atoms with Gasteiger partial charge in [0.05, 0.1) is 13.2 Å². The molecule has 5 rings (SSSR count). The van der Waals surface area contributed by atoms with Crippen molar-refractivity contribution in [2.24, 2.45) is 23.2 Å². The number of aldehydes is 1. The molecule has 3 N–H and O–H groups in total. The Morgan fingerprint density at radius 1 is 1.35 bits per heavy atom. The van der Waals surface area contributed by atoms with Gasteiger partial charge in [0.2, 0.25) is 11.8 Å². The molecule has 2 saturated heterocycles. The van der Waals surface area contributed by atoms with Crippen LogP contribution in [0.15, 0.2) is 24.3 Å². The highest BCUT2D eigenvalue weighted by Gasteiger charge is 2.69. The van der Waals surface area contributed by atoms with Gasteiger partial charge >= 0.3 is 0 Å². The second-order valence-corrected chi connectivity index (χ2v) is 10.2. The number of methoxy groups -OCH3 is 1. The summed E-state index contributed by atoms with van der Waals surface area (Å²) in [4.78, 5) is 55.4. The Morgan fingerprint density at radius 3 is 2.82 bits per heavy atom. The fourth-order valence-electron chi connectivity index (χ4n) is 5.96. The van der Waals surface area contributed by atoms with E-state index in [1.165, 1.54) is 0 Å². The summed E-state index contributed by atoms with van der Waals surface area (Å²) in [6.45, 7) is 5.29. The molecule has 5 atom stereocenters. The topological polar surface area (TPSA) is 121 Å². The summed E-state index contributed by atoms with van der Waals surface area (Å²) in [6, 6.07) is 5.88. The Balaban J connectivity index is 1.37. The minimum atomic E-state index is -0.767. The second kappa shape index (κ2) is 8.14. The third-order valence-electron chi connectivity index (χ3n) is 8.01. The van der Waals surface area contributed by atoms with Crippen LogP contribution in [0.2, 0.25) is 0 Å². The molecule has 3 fully saturated rings. The van der Waals surface area contributed by atoms with E-state index >= 15 is 0 Å². The predicted molar refractivity (Wildman–Crippen MR) is 124 cm³/mol. The van der Waals surface area contributed by atoms with E-state index in [-0.39, 0.29) is 47.3 Å². The fraction of sp³-hybridized carbons (Fsp3) is 0.520. The molecule has 3 heterocycles. The third-order valence-corrected chi connectivity index (χ3v) is 8.01. The highest BCUT2D eigenvalue weighted by molar-refractivity contribution is 6.02. The molecule has 1 aromatic carbocycles. The first kappa shape index (κ1) is 22.4. The predicted octanol–water partition coefficient (Wildman–Crippen LogP) is 1.48. The molecule has 2 aromatic rings. The number of likely N-dealkylation sites (tertiary alicyclic amines) is 1. The van der Waals surface area contributed by atoms with Crippen molar-refractivity contribution in [3.8, 4) is 5.75 Å². The van der Waals surface area contributed by atoms with Crippen LogP contribution in [0.3, 0.4) is 0 Å². The summed E-state index contributed by atoms with van der Waals surface area (Å²) < 4.78 is 5.40. The highest BCUT2D eigenvalue weighted by atomic mass is 16.5. The molecule has 34 heavy (non-hydrogen) atoms. The quantitative estimate of drug-likeness (QED) is 0.534. The van der Waals surface area contributed by atoms with Gasteiger partial charge in [0.25, 0.3) is 5.91 Å². The SMILES string of the molecule is COc1cccc2[nH]c(C(=O)N3C[C@H]4[C@@H]([C@H]3C(=O)N[C@H](C=O)C[C@@H]3CCNC3=O)C4(C)C)cc12. The van der Waals surface area contributed by atoms with Gasteiger partial charge in [-0.05, 0) is 48.3 Å². The number of amides is 3. The molecule has 180 valence electrons. The molecule has 0 unspecified atom stereocenters. The van der Waals surface area contributed by atoms with E-state index in [4.69, 9.17) is 4.74 Å². The van der Waals surface area contributed by atoms with Crippen LogP contribution in [0, 0.1) is 23.2 Å². The van der Waals surface area contributed by atoms with Crippen molar-refractivity contribution in [2.75, 3.05) is 20.2 Å². The number of nitrogens with one attached hydrogen (secondary N) is 3. The van der Waals surface area contributed by atoms with Crippen LogP contribution in [-0.4, -0.2) is 66.2 Å². The summed E-state index contributed by atoms with van der Waals surface area (Å²) in [5.74, 6) is -0.0503. The molecule has 0 radical (unpaired) electrons. The number of H-pyrrole nitrogens is 1. The molecule has 2 aliphatic heterocycles. The first-order valence-corrected chi connectivity index (χ1v) is 11.8. The van der Waals surface area contributed by atoms with Crippen LogP contribution in [0.1, 0.15) is 37.2 Å². The van der Waals surface area contributed by atoms with E-state index in [9.17, 15) is 19.2 Å². The van der Waals surface area contributed by atoms with Crippen molar-refractivity contribution in [3.63, 3.8) is 0 Å². The lowest BCUT2D eigenvalue weighted by atomic mass is 9.97. The van der Waals surface area contributed by atoms with Crippen molar-refractivity contribution in [1.29, 1.82) is 0 Å². The van der Waals surface area contributed by atoms with E-state index < -0.39 is 12.1 Å². The van der Waals surface area contributed by atoms with Gasteiger partial charge in [0.1, 0.15) is 23.8 Å². The van der Waals surface area contributed by atoms with Crippen molar-refractivity contribution >= 4 is 34.9 Å². The standard InChI is InChI=1S/C25H30N4O5/c1-25(2)16-11-29(24(33)18-10-15-17(28-18)5-4-6-19(15)34-3)21(20(16)25)23(32)27-14(12-30)9-13-7-8-26-22(13)31/h4-6,10,12-14,16,20-21,28H,7-9,11H2,1-3H3,(H,26,31)(H,27,32)/t13-,14-,16-,20-,21-/m0/s1. The first-order chi connectivity index (χ1) is 16.3. The van der Waals surface area contributed by atoms with Gasteiger partial charge in [0, 0.05) is 29.9 Å². The average Bonchev–Trinajstić information content (AvgIpc) is 3.33. The van der Waals surface area contributed by atoms with Gasteiger partial charge in [-0.3, -0.25) is 14.4 Å². The summed E-state index contributed by atoms with van der Waals surface area (Å²) in [7, 11) is 1.58. The molecule has 9 nitrogen and oxygen atoms in total. The summed E-state index contributed by atoms with van der Waals surface area (Å²) >= 11 is 0. The maximum atomic E-state index is 13.5. The number of hydrogen-bond donors (Lipinski definition) is 3. The van der Waals surface area contributed by atoms with Crippen molar-refractivity contribution < 1.29 is 23.9 Å². The van der Waals surface area contributed by atoms with E-state index in [0.717, 1.165) is 10.9 Å². The zero-order chi connectivity index (χ0) is 24.2. The maximum Gasteiger partial charge on any atom is 0.271 e. The van der Waals surface area contributed by atoms with Crippen LogP contribution >= 0.6 is 0 Å². The largest absolute Gasteiger partial charge is 0.496 e. The molecule has 1 aliphatic carbocycles. The van der Waals surface area contributed by atoms with E-state index in [1.807, 2.05) is 18.2 Å². The lowest BCUT2D eigenvalue weighted by molar-refractivity contribution is -0.129. The summed E-state index contributed by atoms with van der Waals surface area (Å²) in [6.07, 6.45) is 1.60. The second-order valence-electron chi connectivity index (χ2n) is 10.2. The molecular formula is C25H30N4O5. The van der Waals surface area contributed by atoms with Crippen LogP contribution < -0.4 is 15.4 Å². The fourth-order valence-corrected chi connectivity index (χ4v) is 5.96. The van der Waals surface area contributed by atoms with Gasteiger partial charge < -0.3 is 30.0 Å². The Kier molecular flexibility index (Phi) is 5.37. The average molecular weight is 467 g/mol. The number of rotatable bonds is 7. The lowest BCUT2D eigenvalue weighted by Gasteiger charge is -2.30. The number of piperidine rings is 1. The van der Waals surface area contributed by atoms with Crippen molar-refractivity contribution in [1.82, 2.24) is 20.5 Å². The number of nitrogens with zero attached hydrogens (tertiary/aromatic N) is 1. The number of benzene rings is 1. The maximum absolute atomic E-state index is 13.5. The van der Waals surface area contributed by atoms with Gasteiger partial charge in [-0.2, -0.15) is 0 Å². The summed E-state index contributed by atoms with van der Waals surface area (Å²) in [5.41, 5.74) is 1.13. The molecule has 1 saturated carbocycles. The van der Waals surface area contributed by atoms with Crippen LogP contribution in [0.4, 0.5) is 0 Å². The minimum absolute atomic E-state index is 0.0254. The van der Waals surface area contributed by atoms with E-state index in [0.29, 0.717) is 37.2 Å². The molecule has 3 amide bonds. The zero-order valence-electron chi connectivity index (χ0n) is 19.6. The molecule has 9 heteroatoms. The number of carbonyl (C=O) groups is 4. The van der Waals surface area contributed by atoms with E-state index in [1.54, 1.807) is 18.1 Å². The Bertz CT molecular complexity index is 1170. The summed E-state index contributed by atoms with van der Waals surface area (Å²) in [5, 5.41) is 6.38. The number of ether oxygens (including phenoxy) is 1. The molecule has 3 aliphatic rings. The highest BCUT2D eigenvalue weighted by Crippen LogP contribution is 2.65. The minimum Gasteiger partial charge on any atom is -0.496 e. The van der Waals surface area contributed by atoms with Gasteiger partial charge in [0.15, 0.2) is 0 Å². The van der Waals surface area contributed by atoms with Crippen LogP contribution in [0.5, 0.6) is 5.75 Å². The van der Waals surface area contributed by atoms with E-state index in [2.05, 4.69) is 29.5 Å². The Labute approximate surface area is 197 Å². The Hall–Kier alpha value is -3.36. The molecule has 0 bridgehead atoms. The van der Waals surface area contributed by atoms with Crippen LogP contribution in [0.25, 0.3) is 10.9 Å². The smallest absolute Gasteiger partial charge is 0.271 e. The van der Waals surface area contributed by atoms with Crippen molar-refractivity contribution in [3.05, 3.63) is 30.0 Å².